The fraction of sp³-hybridized carbons (Fsp3) is 0.296. The molecule has 0 bridgehead atoms. The Morgan fingerprint density at radius 2 is 1.77 bits per heavy atom. The minimum absolute atomic E-state index is 0.226. The zero-order valence-electron chi connectivity index (χ0n) is 21.7. The third-order valence-electron chi connectivity index (χ3n) is 6.90. The van der Waals surface area contributed by atoms with E-state index < -0.39 is 0 Å². The zero-order chi connectivity index (χ0) is 26.8. The quantitative estimate of drug-likeness (QED) is 0.343. The molecule has 5 heterocycles. The van der Waals surface area contributed by atoms with E-state index in [9.17, 15) is 5.21 Å². The Labute approximate surface area is 226 Å². The summed E-state index contributed by atoms with van der Waals surface area (Å²) in [5, 5.41) is 13.7. The van der Waals surface area contributed by atoms with Gasteiger partial charge in [0.25, 0.3) is 0 Å². The number of benzene rings is 1. The van der Waals surface area contributed by atoms with E-state index in [1.165, 1.54) is 0 Å². The summed E-state index contributed by atoms with van der Waals surface area (Å²) >= 11 is 0. The van der Waals surface area contributed by atoms with Gasteiger partial charge < -0.3 is 20.3 Å². The van der Waals surface area contributed by atoms with Crippen LogP contribution in [0.25, 0.3) is 11.3 Å². The predicted molar refractivity (Wildman–Crippen MR) is 148 cm³/mol. The molecule has 12 heteroatoms. The molecule has 0 aliphatic carbocycles. The topological polar surface area (TPSA) is 133 Å². The van der Waals surface area contributed by atoms with Crippen LogP contribution in [0.4, 0.5) is 29.1 Å². The van der Waals surface area contributed by atoms with Crippen LogP contribution in [0.5, 0.6) is 0 Å². The van der Waals surface area contributed by atoms with Crippen LogP contribution in [0.1, 0.15) is 11.1 Å². The summed E-state index contributed by atoms with van der Waals surface area (Å²) in [4.78, 5) is 26.8. The molecule has 1 fully saturated rings. The van der Waals surface area contributed by atoms with Crippen LogP contribution in [0.15, 0.2) is 61.2 Å². The highest BCUT2D eigenvalue weighted by molar-refractivity contribution is 5.77. The Bertz CT molecular complexity index is 1410. The monoisotopic (exact) mass is 526 g/mol. The van der Waals surface area contributed by atoms with Gasteiger partial charge in [0.1, 0.15) is 5.82 Å². The molecule has 0 unspecified atom stereocenters. The first-order valence-electron chi connectivity index (χ1n) is 12.8. The smallest absolute Gasteiger partial charge is 0.228 e. The number of aromatic nitrogens is 5. The van der Waals surface area contributed by atoms with Gasteiger partial charge in [0.05, 0.1) is 24.6 Å². The Morgan fingerprint density at radius 3 is 2.49 bits per heavy atom. The molecule has 12 nitrogen and oxygen atoms in total. The molecule has 200 valence electrons. The lowest BCUT2D eigenvalue weighted by Gasteiger charge is -2.29. The predicted octanol–water partition coefficient (Wildman–Crippen LogP) is 2.68. The fourth-order valence-electron chi connectivity index (χ4n) is 4.88. The number of ether oxygens (including phenoxy) is 1. The number of hydrazine groups is 1. The Kier molecular flexibility index (Phi) is 6.88. The van der Waals surface area contributed by atoms with Gasteiger partial charge in [-0.05, 0) is 42.3 Å². The normalized spacial score (nSPS) is 15.1. The van der Waals surface area contributed by atoms with E-state index >= 15 is 0 Å². The van der Waals surface area contributed by atoms with Crippen LogP contribution in [-0.4, -0.2) is 75.0 Å². The van der Waals surface area contributed by atoms with Crippen molar-refractivity contribution in [1.82, 2.24) is 29.9 Å². The van der Waals surface area contributed by atoms with Gasteiger partial charge in [0.15, 0.2) is 0 Å². The van der Waals surface area contributed by atoms with E-state index in [1.807, 2.05) is 43.4 Å². The zero-order valence-corrected chi connectivity index (χ0v) is 21.7. The van der Waals surface area contributed by atoms with E-state index in [2.05, 4.69) is 24.8 Å². The molecule has 0 saturated carbocycles. The lowest BCUT2D eigenvalue weighted by Crippen LogP contribution is -2.37. The number of pyridine rings is 1. The highest BCUT2D eigenvalue weighted by Gasteiger charge is 2.29. The number of nitrogens with two attached hydrogens (primary N) is 1. The number of nitrogen functional groups attached to an aromatic ring is 1. The van der Waals surface area contributed by atoms with Gasteiger partial charge >= 0.3 is 0 Å². The van der Waals surface area contributed by atoms with E-state index in [0.29, 0.717) is 31.4 Å². The lowest BCUT2D eigenvalue weighted by molar-refractivity contribution is 0.0818. The number of rotatable bonds is 7. The van der Waals surface area contributed by atoms with Crippen molar-refractivity contribution in [1.29, 1.82) is 0 Å². The van der Waals surface area contributed by atoms with Gasteiger partial charge in [0.2, 0.25) is 11.9 Å². The van der Waals surface area contributed by atoms with Crippen LogP contribution in [0.3, 0.4) is 0 Å². The van der Waals surface area contributed by atoms with Gasteiger partial charge in [-0.2, -0.15) is 15.2 Å². The van der Waals surface area contributed by atoms with Gasteiger partial charge in [-0.25, -0.2) is 15.0 Å². The van der Waals surface area contributed by atoms with Crippen LogP contribution >= 0.6 is 0 Å². The van der Waals surface area contributed by atoms with Gasteiger partial charge in [-0.1, -0.05) is 6.07 Å². The van der Waals surface area contributed by atoms with Crippen LogP contribution in [-0.2, 0) is 17.7 Å². The second-order valence-electron chi connectivity index (χ2n) is 9.49. The Hall–Kier alpha value is -4.39. The van der Waals surface area contributed by atoms with Crippen molar-refractivity contribution in [2.45, 2.75) is 13.0 Å². The average molecular weight is 527 g/mol. The number of fused-ring (bicyclic) bond motifs is 1. The van der Waals surface area contributed by atoms with E-state index in [1.54, 1.807) is 29.8 Å². The number of hydrogen-bond donors (Lipinski definition) is 2. The van der Waals surface area contributed by atoms with Crippen molar-refractivity contribution in [3.63, 3.8) is 0 Å². The summed E-state index contributed by atoms with van der Waals surface area (Å²) in [5.74, 6) is 1.75. The Balaban J connectivity index is 1.29. The average Bonchev–Trinajstić information content (AvgIpc) is 3.42. The van der Waals surface area contributed by atoms with Crippen molar-refractivity contribution in [3.8, 4) is 11.3 Å². The van der Waals surface area contributed by atoms with Crippen molar-refractivity contribution in [2.24, 2.45) is 0 Å². The van der Waals surface area contributed by atoms with Crippen molar-refractivity contribution < 1.29 is 9.94 Å². The maximum atomic E-state index is 10.8. The summed E-state index contributed by atoms with van der Waals surface area (Å²) in [6.45, 7) is 4.00. The largest absolute Gasteiger partial charge is 0.378 e. The molecule has 39 heavy (non-hydrogen) atoms. The maximum absolute atomic E-state index is 10.8. The van der Waals surface area contributed by atoms with Crippen LogP contribution < -0.4 is 20.7 Å². The first-order chi connectivity index (χ1) is 19.1. The van der Waals surface area contributed by atoms with E-state index in [4.69, 9.17) is 20.4 Å². The van der Waals surface area contributed by atoms with Gasteiger partial charge in [-0.15, -0.1) is 0 Å². The second kappa shape index (κ2) is 10.8. The lowest BCUT2D eigenvalue weighted by atomic mass is 10.1. The highest BCUT2D eigenvalue weighted by Crippen LogP contribution is 2.39. The summed E-state index contributed by atoms with van der Waals surface area (Å²) in [6.07, 6.45) is 7.72. The van der Waals surface area contributed by atoms with Crippen molar-refractivity contribution in [3.05, 3.63) is 72.3 Å². The summed E-state index contributed by atoms with van der Waals surface area (Å²) in [6, 6.07) is 11.6. The van der Waals surface area contributed by atoms with Crippen molar-refractivity contribution >= 4 is 29.1 Å². The first kappa shape index (κ1) is 24.9. The fourth-order valence-corrected chi connectivity index (χ4v) is 4.88. The molecule has 2 aliphatic heterocycles. The maximum Gasteiger partial charge on any atom is 0.228 e. The molecule has 0 spiro atoms. The summed E-state index contributed by atoms with van der Waals surface area (Å²) in [7, 11) is 1.82. The van der Waals surface area contributed by atoms with Crippen LogP contribution in [0, 0.1) is 0 Å². The molecule has 6 rings (SSSR count). The first-order valence-corrected chi connectivity index (χ1v) is 12.8. The molecule has 4 aromatic rings. The molecule has 0 atom stereocenters. The van der Waals surface area contributed by atoms with Crippen molar-refractivity contribution in [2.75, 3.05) is 60.6 Å². The number of morpholine rings is 1. The second-order valence-corrected chi connectivity index (χ2v) is 9.49. The van der Waals surface area contributed by atoms with Gasteiger partial charge in [-0.3, -0.25) is 10.2 Å². The molecule has 3 aromatic heterocycles. The SMILES string of the molecule is CN(Cc1cccnc1)N(O)c1ccc(N2CCc3c(-c4cnc(N)nc4)nc(N4CCOCC4)nc32)cc1. The molecule has 0 radical (unpaired) electrons. The Morgan fingerprint density at radius 1 is 1.00 bits per heavy atom. The van der Waals surface area contributed by atoms with E-state index in [-0.39, 0.29) is 5.95 Å². The number of anilines is 5. The number of hydrogen-bond acceptors (Lipinski definition) is 12. The molecular formula is C27H30N10O2. The highest BCUT2D eigenvalue weighted by atomic mass is 16.5. The third kappa shape index (κ3) is 5.17. The minimum Gasteiger partial charge on any atom is -0.378 e. The van der Waals surface area contributed by atoms with E-state index in [0.717, 1.165) is 65.1 Å². The summed E-state index contributed by atoms with van der Waals surface area (Å²) in [5.41, 5.74) is 11.0. The van der Waals surface area contributed by atoms with Gasteiger partial charge in [0, 0.05) is 74.8 Å². The number of nitrogens with zero attached hydrogens (tertiary/aromatic N) is 9. The standard InChI is InChI=1S/C27H30N10O2/c1-34(18-19-3-2-9-29-15-19)37(38)22-6-4-21(5-7-22)36-10-8-23-24(20-16-30-26(28)31-17-20)32-27(33-25(23)36)35-11-13-39-14-12-35/h2-7,9,15-17,38H,8,10-14,18H2,1H3,(H2,28,30,31). The molecular weight excluding hydrogens is 496 g/mol. The molecule has 1 aromatic carbocycles. The molecule has 2 aliphatic rings. The van der Waals surface area contributed by atoms with Crippen LogP contribution in [0.2, 0.25) is 0 Å². The molecule has 3 N–H and O–H groups in total. The summed E-state index contributed by atoms with van der Waals surface area (Å²) < 4.78 is 5.54. The molecule has 1 saturated heterocycles. The minimum atomic E-state index is 0.226. The third-order valence-corrected chi connectivity index (χ3v) is 6.90. The molecule has 0 amide bonds.